The fraction of sp³-hybridized carbons (Fsp3) is 0.0714. The van der Waals surface area contributed by atoms with Crippen LogP contribution in [0.15, 0.2) is 57.2 Å². The number of hydrogen-bond donors (Lipinski definition) is 2. The first-order valence-corrected chi connectivity index (χ1v) is 8.60. The lowest BCUT2D eigenvalue weighted by atomic mass is 10.2. The van der Waals surface area contributed by atoms with Crippen LogP contribution in [0.3, 0.4) is 0 Å². The third kappa shape index (κ3) is 3.83. The van der Waals surface area contributed by atoms with E-state index in [4.69, 9.17) is 11.1 Å². The van der Waals surface area contributed by atoms with Gasteiger partial charge >= 0.3 is 0 Å². The molecule has 0 aromatic heterocycles. The van der Waals surface area contributed by atoms with Gasteiger partial charge in [0.2, 0.25) is 0 Å². The minimum atomic E-state index is -3.23. The predicted octanol–water partition coefficient (Wildman–Crippen LogP) is 2.66. The molecule has 2 aromatic carbocycles. The van der Waals surface area contributed by atoms with E-state index < -0.39 is 15.7 Å². The number of nitrogens with one attached hydrogen (secondary N) is 1. The normalized spacial score (nSPS) is 11.3. The quantitative estimate of drug-likeness (QED) is 0.669. The Hall–Kier alpha value is -1.86. The smallest absolute Gasteiger partial charge is 0.175 e. The van der Waals surface area contributed by atoms with Crippen LogP contribution in [0.4, 0.5) is 4.39 Å². The highest BCUT2D eigenvalue weighted by molar-refractivity contribution is 7.99. The first-order valence-electron chi connectivity index (χ1n) is 5.89. The summed E-state index contributed by atoms with van der Waals surface area (Å²) in [7, 11) is -3.23. The lowest BCUT2D eigenvalue weighted by molar-refractivity contribution is 0.602. The molecule has 0 aliphatic heterocycles. The SMILES string of the molecule is CS(=O)(=O)c1ccc(Sc2ccc(F)cc2C(=N)N)cc1. The number of amidine groups is 1. The van der Waals surface area contributed by atoms with Crippen LogP contribution in [0, 0.1) is 11.2 Å². The number of sulfone groups is 1. The fourth-order valence-electron chi connectivity index (χ4n) is 1.68. The van der Waals surface area contributed by atoms with Gasteiger partial charge in [-0.1, -0.05) is 11.8 Å². The number of halogens is 1. The van der Waals surface area contributed by atoms with Crippen LogP contribution >= 0.6 is 11.8 Å². The van der Waals surface area contributed by atoms with Crippen LogP contribution in [0.2, 0.25) is 0 Å². The minimum Gasteiger partial charge on any atom is -0.384 e. The average Bonchev–Trinajstić information content (AvgIpc) is 2.40. The molecule has 21 heavy (non-hydrogen) atoms. The highest BCUT2D eigenvalue weighted by atomic mass is 32.2. The molecule has 0 spiro atoms. The summed E-state index contributed by atoms with van der Waals surface area (Å²) < 4.78 is 36.0. The lowest BCUT2D eigenvalue weighted by Crippen LogP contribution is -2.12. The molecule has 4 nitrogen and oxygen atoms in total. The molecule has 0 amide bonds. The molecule has 0 radical (unpaired) electrons. The van der Waals surface area contributed by atoms with Gasteiger partial charge in [0.25, 0.3) is 0 Å². The Bertz CT molecular complexity index is 787. The standard InChI is InChI=1S/C14H13FN2O2S2/c1-21(18,19)11-5-3-10(4-6-11)20-13-7-2-9(15)8-12(13)14(16)17/h2-8H,1H3,(H3,16,17). The van der Waals surface area contributed by atoms with Crippen LogP contribution in [0.25, 0.3) is 0 Å². The van der Waals surface area contributed by atoms with Gasteiger partial charge in [0.05, 0.1) is 4.90 Å². The first-order chi connectivity index (χ1) is 9.77. The molecule has 0 aliphatic carbocycles. The third-order valence-electron chi connectivity index (χ3n) is 2.71. The zero-order valence-electron chi connectivity index (χ0n) is 11.1. The van der Waals surface area contributed by atoms with E-state index in [0.29, 0.717) is 10.5 Å². The van der Waals surface area contributed by atoms with Crippen molar-refractivity contribution in [2.75, 3.05) is 6.26 Å². The van der Waals surface area contributed by atoms with Crippen molar-refractivity contribution in [3.05, 3.63) is 53.8 Å². The summed E-state index contributed by atoms with van der Waals surface area (Å²) in [5, 5.41) is 7.47. The van der Waals surface area contributed by atoms with E-state index in [1.165, 1.54) is 36.0 Å². The highest BCUT2D eigenvalue weighted by Gasteiger charge is 2.10. The van der Waals surface area contributed by atoms with Gasteiger partial charge in [-0.05, 0) is 42.5 Å². The van der Waals surface area contributed by atoms with Gasteiger partial charge in [-0.3, -0.25) is 5.41 Å². The topological polar surface area (TPSA) is 84.0 Å². The molecular weight excluding hydrogens is 311 g/mol. The molecule has 0 saturated carbocycles. The van der Waals surface area contributed by atoms with Crippen molar-refractivity contribution in [3.8, 4) is 0 Å². The van der Waals surface area contributed by atoms with Crippen molar-refractivity contribution < 1.29 is 12.8 Å². The van der Waals surface area contributed by atoms with E-state index in [9.17, 15) is 12.8 Å². The maximum absolute atomic E-state index is 13.2. The van der Waals surface area contributed by atoms with Crippen molar-refractivity contribution in [1.29, 1.82) is 5.41 Å². The molecule has 0 heterocycles. The number of hydrogen-bond acceptors (Lipinski definition) is 4. The highest BCUT2D eigenvalue weighted by Crippen LogP contribution is 2.31. The fourth-order valence-corrected chi connectivity index (χ4v) is 3.26. The van der Waals surface area contributed by atoms with Gasteiger partial charge in [-0.15, -0.1) is 0 Å². The zero-order chi connectivity index (χ0) is 15.6. The van der Waals surface area contributed by atoms with Gasteiger partial charge < -0.3 is 5.73 Å². The predicted molar refractivity (Wildman–Crippen MR) is 81.1 cm³/mol. The Labute approximate surface area is 126 Å². The molecule has 0 atom stereocenters. The second-order valence-electron chi connectivity index (χ2n) is 4.40. The summed E-state index contributed by atoms with van der Waals surface area (Å²) in [4.78, 5) is 1.64. The Balaban J connectivity index is 2.33. The molecule has 3 N–H and O–H groups in total. The van der Waals surface area contributed by atoms with E-state index in [1.54, 1.807) is 18.2 Å². The maximum Gasteiger partial charge on any atom is 0.175 e. The first kappa shape index (κ1) is 15.5. The van der Waals surface area contributed by atoms with E-state index in [0.717, 1.165) is 11.2 Å². The minimum absolute atomic E-state index is 0.218. The van der Waals surface area contributed by atoms with E-state index >= 15 is 0 Å². The summed E-state index contributed by atoms with van der Waals surface area (Å²) >= 11 is 1.29. The molecule has 0 unspecified atom stereocenters. The van der Waals surface area contributed by atoms with Gasteiger partial charge in [0.15, 0.2) is 9.84 Å². The van der Waals surface area contributed by atoms with Crippen molar-refractivity contribution in [3.63, 3.8) is 0 Å². The molecule has 2 aromatic rings. The molecule has 0 aliphatic rings. The van der Waals surface area contributed by atoms with Gasteiger partial charge in [0, 0.05) is 21.6 Å². The van der Waals surface area contributed by atoms with Crippen molar-refractivity contribution >= 4 is 27.4 Å². The number of nitrogens with two attached hydrogens (primary N) is 1. The van der Waals surface area contributed by atoms with Gasteiger partial charge in [-0.25, -0.2) is 12.8 Å². The van der Waals surface area contributed by atoms with Crippen LogP contribution in [0.5, 0.6) is 0 Å². The third-order valence-corrected chi connectivity index (χ3v) is 4.92. The number of benzene rings is 2. The molecule has 0 bridgehead atoms. The average molecular weight is 324 g/mol. The summed E-state index contributed by atoms with van der Waals surface area (Å²) in [6, 6.07) is 10.4. The number of nitrogen functional groups attached to an aromatic ring is 1. The van der Waals surface area contributed by atoms with E-state index in [-0.39, 0.29) is 10.7 Å². The van der Waals surface area contributed by atoms with Crippen LogP contribution in [0.1, 0.15) is 5.56 Å². The van der Waals surface area contributed by atoms with Crippen LogP contribution in [-0.2, 0) is 9.84 Å². The lowest BCUT2D eigenvalue weighted by Gasteiger charge is -2.08. The largest absolute Gasteiger partial charge is 0.384 e. The molecule has 0 fully saturated rings. The monoisotopic (exact) mass is 324 g/mol. The number of rotatable bonds is 4. The molecule has 0 saturated heterocycles. The Kier molecular flexibility index (Phi) is 4.34. The summed E-state index contributed by atoms with van der Waals surface area (Å²) in [5.41, 5.74) is 5.75. The van der Waals surface area contributed by atoms with E-state index in [1.807, 2.05) is 0 Å². The van der Waals surface area contributed by atoms with Gasteiger partial charge in [-0.2, -0.15) is 0 Å². The van der Waals surface area contributed by atoms with Crippen molar-refractivity contribution in [2.45, 2.75) is 14.7 Å². The Morgan fingerprint density at radius 2 is 1.81 bits per heavy atom. The zero-order valence-corrected chi connectivity index (χ0v) is 12.8. The maximum atomic E-state index is 13.2. The molecule has 7 heteroatoms. The Morgan fingerprint density at radius 3 is 2.33 bits per heavy atom. The molecule has 110 valence electrons. The molecule has 2 rings (SSSR count). The summed E-state index contributed by atoms with van der Waals surface area (Å²) in [5.74, 6) is -0.679. The summed E-state index contributed by atoms with van der Waals surface area (Å²) in [6.07, 6.45) is 1.14. The van der Waals surface area contributed by atoms with Crippen LogP contribution in [-0.4, -0.2) is 20.5 Å². The van der Waals surface area contributed by atoms with Crippen LogP contribution < -0.4 is 5.73 Å². The van der Waals surface area contributed by atoms with Gasteiger partial charge in [0.1, 0.15) is 11.7 Å². The van der Waals surface area contributed by atoms with Crippen molar-refractivity contribution in [1.82, 2.24) is 0 Å². The second-order valence-corrected chi connectivity index (χ2v) is 7.53. The second kappa shape index (κ2) is 5.87. The van der Waals surface area contributed by atoms with Crippen molar-refractivity contribution in [2.24, 2.45) is 5.73 Å². The Morgan fingerprint density at radius 1 is 1.19 bits per heavy atom. The van der Waals surface area contributed by atoms with E-state index in [2.05, 4.69) is 0 Å². The summed E-state index contributed by atoms with van der Waals surface area (Å²) in [6.45, 7) is 0. The molecular formula is C14H13FN2O2S2.